The first kappa shape index (κ1) is 15.8. The van der Waals surface area contributed by atoms with Gasteiger partial charge in [-0.05, 0) is 37.8 Å². The van der Waals surface area contributed by atoms with E-state index in [2.05, 4.69) is 29.6 Å². The Labute approximate surface area is 133 Å². The van der Waals surface area contributed by atoms with Crippen LogP contribution in [0.15, 0.2) is 30.3 Å². The highest BCUT2D eigenvalue weighted by Gasteiger charge is 2.54. The van der Waals surface area contributed by atoms with Crippen LogP contribution < -0.4 is 5.32 Å². The van der Waals surface area contributed by atoms with Crippen molar-refractivity contribution in [2.24, 2.45) is 5.92 Å². The third kappa shape index (κ3) is 2.87. The second-order valence-corrected chi connectivity index (χ2v) is 6.41. The third-order valence-corrected chi connectivity index (χ3v) is 5.21. The summed E-state index contributed by atoms with van der Waals surface area (Å²) in [6, 6.07) is 10.7. The fourth-order valence-electron chi connectivity index (χ4n) is 4.20. The van der Waals surface area contributed by atoms with Gasteiger partial charge in [-0.1, -0.05) is 18.2 Å². The Morgan fingerprint density at radius 2 is 2.05 bits per heavy atom. The van der Waals surface area contributed by atoms with E-state index in [4.69, 9.17) is 14.2 Å². The molecule has 4 atom stereocenters. The van der Waals surface area contributed by atoms with Crippen LogP contribution in [0.1, 0.15) is 25.7 Å². The van der Waals surface area contributed by atoms with Crippen molar-refractivity contribution >= 4 is 5.69 Å². The summed E-state index contributed by atoms with van der Waals surface area (Å²) in [4.78, 5) is 0. The summed E-state index contributed by atoms with van der Waals surface area (Å²) in [5.41, 5.74) is 0.897. The van der Waals surface area contributed by atoms with Crippen molar-refractivity contribution in [2.75, 3.05) is 32.8 Å². The lowest BCUT2D eigenvalue weighted by Gasteiger charge is -2.54. The van der Waals surface area contributed by atoms with Gasteiger partial charge >= 0.3 is 0 Å². The van der Waals surface area contributed by atoms with Gasteiger partial charge in [0.15, 0.2) is 0 Å². The van der Waals surface area contributed by atoms with Gasteiger partial charge in [-0.2, -0.15) is 0 Å². The molecule has 1 aromatic carbocycles. The largest absolute Gasteiger partial charge is 0.384 e. The number of ether oxygens (including phenoxy) is 3. The van der Waals surface area contributed by atoms with Crippen LogP contribution >= 0.6 is 0 Å². The molecule has 1 aromatic rings. The van der Waals surface area contributed by atoms with E-state index in [1.807, 2.05) is 13.2 Å². The zero-order chi connectivity index (χ0) is 15.4. The second kappa shape index (κ2) is 6.99. The maximum atomic E-state index is 6.16. The molecule has 3 rings (SSSR count). The van der Waals surface area contributed by atoms with Crippen molar-refractivity contribution in [2.45, 2.75) is 43.4 Å². The second-order valence-electron chi connectivity index (χ2n) is 6.41. The van der Waals surface area contributed by atoms with Crippen LogP contribution in [0.5, 0.6) is 0 Å². The fraction of sp³-hybridized carbons (Fsp3) is 0.667. The topological polar surface area (TPSA) is 39.7 Å². The molecule has 1 heterocycles. The van der Waals surface area contributed by atoms with Crippen LogP contribution in [0.3, 0.4) is 0 Å². The van der Waals surface area contributed by atoms with Gasteiger partial charge in [0.2, 0.25) is 0 Å². The van der Waals surface area contributed by atoms with Gasteiger partial charge in [-0.25, -0.2) is 0 Å². The average molecular weight is 305 g/mol. The van der Waals surface area contributed by atoms with E-state index in [1.165, 1.54) is 0 Å². The molecule has 22 heavy (non-hydrogen) atoms. The Bertz CT molecular complexity index is 467. The van der Waals surface area contributed by atoms with Gasteiger partial charge < -0.3 is 19.5 Å². The Hall–Kier alpha value is -1.10. The minimum Gasteiger partial charge on any atom is -0.384 e. The zero-order valence-electron chi connectivity index (χ0n) is 13.6. The summed E-state index contributed by atoms with van der Waals surface area (Å²) in [6.07, 6.45) is 4.39. The van der Waals surface area contributed by atoms with Crippen molar-refractivity contribution in [3.63, 3.8) is 0 Å². The first-order chi connectivity index (χ1) is 10.8. The highest BCUT2D eigenvalue weighted by Crippen LogP contribution is 2.44. The van der Waals surface area contributed by atoms with Crippen molar-refractivity contribution in [3.8, 4) is 0 Å². The summed E-state index contributed by atoms with van der Waals surface area (Å²) < 4.78 is 17.7. The molecule has 1 aliphatic carbocycles. The van der Waals surface area contributed by atoms with E-state index in [9.17, 15) is 0 Å². The monoisotopic (exact) mass is 305 g/mol. The van der Waals surface area contributed by atoms with Gasteiger partial charge in [-0.15, -0.1) is 0 Å². The zero-order valence-corrected chi connectivity index (χ0v) is 13.6. The molecule has 4 nitrogen and oxygen atoms in total. The maximum absolute atomic E-state index is 6.16. The minimum absolute atomic E-state index is 0.112. The van der Waals surface area contributed by atoms with Gasteiger partial charge in [0.25, 0.3) is 0 Å². The number of rotatable bonds is 5. The lowest BCUT2D eigenvalue weighted by atomic mass is 9.69. The predicted octanol–water partition coefficient (Wildman–Crippen LogP) is 3.09. The molecule has 1 saturated heterocycles. The Morgan fingerprint density at radius 1 is 1.23 bits per heavy atom. The van der Waals surface area contributed by atoms with Crippen LogP contribution in [0, 0.1) is 5.92 Å². The van der Waals surface area contributed by atoms with E-state index in [1.54, 1.807) is 7.11 Å². The molecule has 1 aliphatic heterocycles. The van der Waals surface area contributed by atoms with Crippen molar-refractivity contribution in [3.05, 3.63) is 30.3 Å². The lowest BCUT2D eigenvalue weighted by molar-refractivity contribution is -0.210. The molecule has 1 N–H and O–H groups in total. The molecule has 0 amide bonds. The first-order valence-corrected chi connectivity index (χ1v) is 8.27. The molecule has 0 bridgehead atoms. The number of methoxy groups -OCH3 is 2. The van der Waals surface area contributed by atoms with E-state index < -0.39 is 0 Å². The molecule has 0 spiro atoms. The maximum Gasteiger partial charge on any atom is 0.114 e. The standard InChI is InChI=1S/C18H27NO3/c1-20-13-14-9-10-16(19-15-7-4-3-5-8-15)18(21-2)11-6-12-22-17(14)18/h3-5,7-8,14,16-17,19H,6,9-13H2,1-2H3/t14?,16-,17+,18+/m0/s1. The molecule has 2 fully saturated rings. The highest BCUT2D eigenvalue weighted by atomic mass is 16.6. The summed E-state index contributed by atoms with van der Waals surface area (Å²) in [5, 5.41) is 3.69. The average Bonchev–Trinajstić information content (AvgIpc) is 2.58. The number of hydrogen-bond donors (Lipinski definition) is 1. The third-order valence-electron chi connectivity index (χ3n) is 5.21. The SMILES string of the molecule is COCC1CC[C@H](Nc2ccccc2)[C@]2(OC)CCCO[C@H]12. The van der Waals surface area contributed by atoms with E-state index >= 15 is 0 Å². The molecule has 0 aromatic heterocycles. The summed E-state index contributed by atoms with van der Waals surface area (Å²) in [7, 11) is 3.60. The predicted molar refractivity (Wildman–Crippen MR) is 87.2 cm³/mol. The quantitative estimate of drug-likeness (QED) is 0.907. The number of benzene rings is 1. The molecule has 122 valence electrons. The molecular weight excluding hydrogens is 278 g/mol. The van der Waals surface area contributed by atoms with Crippen molar-refractivity contribution in [1.82, 2.24) is 0 Å². The lowest BCUT2D eigenvalue weighted by Crippen LogP contribution is -2.65. The number of fused-ring (bicyclic) bond motifs is 1. The van der Waals surface area contributed by atoms with Gasteiger partial charge in [0, 0.05) is 32.4 Å². The fourth-order valence-corrected chi connectivity index (χ4v) is 4.20. The Kier molecular flexibility index (Phi) is 5.01. The van der Waals surface area contributed by atoms with Gasteiger partial charge in [0.05, 0.1) is 18.8 Å². The normalized spacial score (nSPS) is 34.9. The van der Waals surface area contributed by atoms with Crippen LogP contribution in [-0.4, -0.2) is 45.2 Å². The Balaban J connectivity index is 1.83. The van der Waals surface area contributed by atoms with Crippen LogP contribution in [0.4, 0.5) is 5.69 Å². The molecule has 0 radical (unpaired) electrons. The molecule has 1 unspecified atom stereocenters. The van der Waals surface area contributed by atoms with Gasteiger partial charge in [-0.3, -0.25) is 0 Å². The number of nitrogens with one attached hydrogen (secondary N) is 1. The number of hydrogen-bond acceptors (Lipinski definition) is 4. The molecule has 4 heteroatoms. The summed E-state index contributed by atoms with van der Waals surface area (Å²) in [5.74, 6) is 0.416. The van der Waals surface area contributed by atoms with Crippen LogP contribution in [-0.2, 0) is 14.2 Å². The first-order valence-electron chi connectivity index (χ1n) is 8.27. The molecular formula is C18H27NO3. The minimum atomic E-state index is -0.254. The number of para-hydroxylation sites is 1. The molecule has 1 saturated carbocycles. The van der Waals surface area contributed by atoms with E-state index in [-0.39, 0.29) is 17.7 Å². The van der Waals surface area contributed by atoms with Crippen molar-refractivity contribution in [1.29, 1.82) is 0 Å². The summed E-state index contributed by atoms with van der Waals surface area (Å²) >= 11 is 0. The molecule has 2 aliphatic rings. The smallest absolute Gasteiger partial charge is 0.114 e. The number of anilines is 1. The summed E-state index contributed by atoms with van der Waals surface area (Å²) in [6.45, 7) is 1.57. The van der Waals surface area contributed by atoms with E-state index in [0.29, 0.717) is 5.92 Å². The van der Waals surface area contributed by atoms with E-state index in [0.717, 1.165) is 44.6 Å². The highest BCUT2D eigenvalue weighted by molar-refractivity contribution is 5.44. The van der Waals surface area contributed by atoms with Crippen molar-refractivity contribution < 1.29 is 14.2 Å². The van der Waals surface area contributed by atoms with Gasteiger partial charge in [0.1, 0.15) is 5.60 Å². The van der Waals surface area contributed by atoms with Crippen LogP contribution in [0.2, 0.25) is 0 Å². The Morgan fingerprint density at radius 3 is 2.77 bits per heavy atom. The van der Waals surface area contributed by atoms with Crippen LogP contribution in [0.25, 0.3) is 0 Å².